The summed E-state index contributed by atoms with van der Waals surface area (Å²) in [5.74, 6) is -1.68. The number of benzene rings is 2. The van der Waals surface area contributed by atoms with E-state index < -0.39 is 23.7 Å². The van der Waals surface area contributed by atoms with Gasteiger partial charge in [0.1, 0.15) is 5.75 Å². The monoisotopic (exact) mass is 428 g/mol. The molecule has 2 aromatic carbocycles. The van der Waals surface area contributed by atoms with Crippen molar-refractivity contribution in [1.82, 2.24) is 0 Å². The third-order valence-corrected chi connectivity index (χ3v) is 5.58. The predicted molar refractivity (Wildman–Crippen MR) is 104 cm³/mol. The van der Waals surface area contributed by atoms with Crippen molar-refractivity contribution in [2.75, 3.05) is 6.61 Å². The summed E-state index contributed by atoms with van der Waals surface area (Å²) in [6.45, 7) is 2.53. The highest BCUT2D eigenvalue weighted by atomic mass is 19.4. The fourth-order valence-electron chi connectivity index (χ4n) is 4.01. The van der Waals surface area contributed by atoms with Crippen LogP contribution in [0.2, 0.25) is 0 Å². The van der Waals surface area contributed by atoms with Gasteiger partial charge in [-0.05, 0) is 54.5 Å². The lowest BCUT2D eigenvalue weighted by molar-refractivity contribution is -0.274. The van der Waals surface area contributed by atoms with E-state index in [0.29, 0.717) is 12.5 Å². The molecule has 1 saturated carbocycles. The van der Waals surface area contributed by atoms with Crippen LogP contribution in [0.1, 0.15) is 45.4 Å². The Hall–Kier alpha value is -2.31. The van der Waals surface area contributed by atoms with Crippen molar-refractivity contribution in [3.05, 3.63) is 48.0 Å². The quantitative estimate of drug-likeness (QED) is 0.425. The molecule has 1 aliphatic rings. The maximum atomic E-state index is 14.6. The topological polar surface area (TPSA) is 18.5 Å². The van der Waals surface area contributed by atoms with Gasteiger partial charge in [0.2, 0.25) is 5.82 Å². The van der Waals surface area contributed by atoms with Gasteiger partial charge in [-0.2, -0.15) is 4.39 Å². The lowest BCUT2D eigenvalue weighted by Crippen LogP contribution is -2.20. The Balaban J connectivity index is 1.63. The van der Waals surface area contributed by atoms with Crippen molar-refractivity contribution in [2.45, 2.75) is 51.8 Å². The number of rotatable bonds is 7. The van der Waals surface area contributed by atoms with Crippen molar-refractivity contribution in [2.24, 2.45) is 11.8 Å². The van der Waals surface area contributed by atoms with E-state index in [1.165, 1.54) is 37.1 Å². The Bertz CT molecular complexity index is 825. The van der Waals surface area contributed by atoms with Crippen LogP contribution in [0, 0.1) is 23.5 Å². The molecule has 1 aliphatic carbocycles. The molecular formula is C23H25F5O2. The molecule has 3 rings (SSSR count). The van der Waals surface area contributed by atoms with Crippen LogP contribution < -0.4 is 9.47 Å². The highest BCUT2D eigenvalue weighted by Gasteiger charge is 2.31. The van der Waals surface area contributed by atoms with Crippen LogP contribution in [0.25, 0.3) is 11.1 Å². The van der Waals surface area contributed by atoms with Crippen LogP contribution in [0.15, 0.2) is 36.4 Å². The second kappa shape index (κ2) is 9.67. The van der Waals surface area contributed by atoms with E-state index in [4.69, 9.17) is 4.74 Å². The molecule has 0 N–H and O–H groups in total. The molecule has 0 amide bonds. The lowest BCUT2D eigenvalue weighted by Gasteiger charge is -2.28. The number of hydrogen-bond acceptors (Lipinski definition) is 2. The van der Waals surface area contributed by atoms with E-state index in [9.17, 15) is 22.0 Å². The van der Waals surface area contributed by atoms with E-state index in [2.05, 4.69) is 11.7 Å². The van der Waals surface area contributed by atoms with Crippen LogP contribution >= 0.6 is 0 Å². The highest BCUT2D eigenvalue weighted by molar-refractivity contribution is 5.66. The smallest absolute Gasteiger partial charge is 0.490 e. The molecule has 2 aromatic rings. The van der Waals surface area contributed by atoms with E-state index in [1.54, 1.807) is 0 Å². The summed E-state index contributed by atoms with van der Waals surface area (Å²) in [6.07, 6.45) is 1.95. The van der Waals surface area contributed by atoms with Crippen LogP contribution in [0.3, 0.4) is 0 Å². The zero-order valence-electron chi connectivity index (χ0n) is 16.8. The fraction of sp³-hybridized carbons (Fsp3) is 0.478. The maximum Gasteiger partial charge on any atom is 0.573 e. The molecule has 0 saturated heterocycles. The summed E-state index contributed by atoms with van der Waals surface area (Å²) in [6, 6.07) is 7.32. The van der Waals surface area contributed by atoms with Gasteiger partial charge in [-0.25, -0.2) is 4.39 Å². The summed E-state index contributed by atoms with van der Waals surface area (Å²) in [5.41, 5.74) is 0.181. The summed E-state index contributed by atoms with van der Waals surface area (Å²) < 4.78 is 75.1. The molecule has 0 radical (unpaired) electrons. The lowest BCUT2D eigenvalue weighted by atomic mass is 9.80. The molecule has 0 unspecified atom stereocenters. The minimum Gasteiger partial charge on any atom is -0.490 e. The average Bonchev–Trinajstić information content (AvgIpc) is 2.70. The van der Waals surface area contributed by atoms with Crippen molar-refractivity contribution in [3.8, 4) is 22.6 Å². The molecule has 0 spiro atoms. The third-order valence-electron chi connectivity index (χ3n) is 5.58. The van der Waals surface area contributed by atoms with Gasteiger partial charge in [-0.15, -0.1) is 13.2 Å². The van der Waals surface area contributed by atoms with E-state index in [0.717, 1.165) is 43.7 Å². The molecule has 0 aliphatic heterocycles. The molecule has 0 bridgehead atoms. The number of hydrogen-bond donors (Lipinski definition) is 0. The summed E-state index contributed by atoms with van der Waals surface area (Å²) in [4.78, 5) is 0. The second-order valence-corrected chi connectivity index (χ2v) is 7.80. The van der Waals surface area contributed by atoms with Gasteiger partial charge in [-0.1, -0.05) is 44.7 Å². The zero-order valence-corrected chi connectivity index (χ0v) is 16.8. The SMILES string of the molecule is CCCC1CCC(COc2ccc(-c3ccc(OC(F)(F)F)cc3)c(F)c2F)CC1. The normalized spacial score (nSPS) is 19.5. The zero-order chi connectivity index (χ0) is 21.7. The van der Waals surface area contributed by atoms with Gasteiger partial charge in [-0.3, -0.25) is 0 Å². The van der Waals surface area contributed by atoms with Gasteiger partial charge in [0.05, 0.1) is 6.61 Å². The Kier molecular flexibility index (Phi) is 7.21. The minimum absolute atomic E-state index is 0.0570. The van der Waals surface area contributed by atoms with Crippen molar-refractivity contribution < 1.29 is 31.4 Å². The Morgan fingerprint density at radius 1 is 0.867 bits per heavy atom. The first kappa shape index (κ1) is 22.4. The molecule has 7 heteroatoms. The molecule has 164 valence electrons. The standard InChI is InChI=1S/C23H25F5O2/c1-2-3-15-4-6-16(7-5-15)14-29-20-13-12-19(21(24)22(20)25)17-8-10-18(11-9-17)30-23(26,27)28/h8-13,15-16H,2-7,14H2,1H3. The Labute approximate surface area is 173 Å². The number of ether oxygens (including phenoxy) is 2. The molecule has 30 heavy (non-hydrogen) atoms. The van der Waals surface area contributed by atoms with Gasteiger partial charge < -0.3 is 9.47 Å². The molecular weight excluding hydrogens is 403 g/mol. The van der Waals surface area contributed by atoms with E-state index >= 15 is 0 Å². The van der Waals surface area contributed by atoms with Gasteiger partial charge in [0.15, 0.2) is 11.6 Å². The molecule has 0 atom stereocenters. The summed E-state index contributed by atoms with van der Waals surface area (Å²) in [7, 11) is 0. The van der Waals surface area contributed by atoms with Crippen LogP contribution in [0.5, 0.6) is 11.5 Å². The Morgan fingerprint density at radius 3 is 2.10 bits per heavy atom. The summed E-state index contributed by atoms with van der Waals surface area (Å²) in [5, 5.41) is 0. The third kappa shape index (κ3) is 5.86. The van der Waals surface area contributed by atoms with Crippen LogP contribution in [-0.2, 0) is 0 Å². The van der Waals surface area contributed by atoms with E-state index in [1.807, 2.05) is 0 Å². The second-order valence-electron chi connectivity index (χ2n) is 7.80. The van der Waals surface area contributed by atoms with Crippen LogP contribution in [0.4, 0.5) is 22.0 Å². The fourth-order valence-corrected chi connectivity index (χ4v) is 4.01. The van der Waals surface area contributed by atoms with Gasteiger partial charge in [0, 0.05) is 5.56 Å². The maximum absolute atomic E-state index is 14.6. The number of alkyl halides is 3. The van der Waals surface area contributed by atoms with Gasteiger partial charge in [0.25, 0.3) is 0 Å². The first-order valence-electron chi connectivity index (χ1n) is 10.2. The first-order valence-corrected chi connectivity index (χ1v) is 10.2. The number of halogens is 5. The molecule has 0 heterocycles. The molecule has 2 nitrogen and oxygen atoms in total. The Morgan fingerprint density at radius 2 is 1.50 bits per heavy atom. The average molecular weight is 428 g/mol. The molecule has 1 fully saturated rings. The minimum atomic E-state index is -4.81. The molecule has 0 aromatic heterocycles. The van der Waals surface area contributed by atoms with E-state index in [-0.39, 0.29) is 16.9 Å². The summed E-state index contributed by atoms with van der Waals surface area (Å²) >= 11 is 0. The first-order chi connectivity index (χ1) is 14.3. The van der Waals surface area contributed by atoms with Crippen molar-refractivity contribution >= 4 is 0 Å². The predicted octanol–water partition coefficient (Wildman–Crippen LogP) is 7.52. The van der Waals surface area contributed by atoms with Crippen LogP contribution in [-0.4, -0.2) is 13.0 Å². The van der Waals surface area contributed by atoms with Crippen molar-refractivity contribution in [3.63, 3.8) is 0 Å². The largest absolute Gasteiger partial charge is 0.573 e. The van der Waals surface area contributed by atoms with Gasteiger partial charge >= 0.3 is 6.36 Å². The highest BCUT2D eigenvalue weighted by Crippen LogP contribution is 2.34. The van der Waals surface area contributed by atoms with Crippen molar-refractivity contribution in [1.29, 1.82) is 0 Å².